The molecule has 4 aliphatic rings. The van der Waals surface area contributed by atoms with Crippen molar-refractivity contribution in [2.75, 3.05) is 27.9 Å². The van der Waals surface area contributed by atoms with Crippen molar-refractivity contribution in [3.8, 4) is 0 Å². The van der Waals surface area contributed by atoms with Gasteiger partial charge in [-0.1, -0.05) is 145 Å². The third kappa shape index (κ3) is 24.0. The second-order valence-corrected chi connectivity index (χ2v) is 52.6. The summed E-state index contributed by atoms with van der Waals surface area (Å²) >= 11 is 0. The Balaban J connectivity index is 1.27. The molecule has 6 rings (SSSR count). The first-order valence-corrected chi connectivity index (χ1v) is 48.8. The van der Waals surface area contributed by atoms with Crippen molar-refractivity contribution in [2.45, 2.75) is 337 Å². The van der Waals surface area contributed by atoms with Crippen LogP contribution < -0.4 is 0 Å². The van der Waals surface area contributed by atoms with Crippen molar-refractivity contribution in [3.05, 3.63) is 114 Å². The number of esters is 2. The van der Waals surface area contributed by atoms with Gasteiger partial charge in [-0.05, 0) is 160 Å². The van der Waals surface area contributed by atoms with Crippen LogP contribution >= 0.6 is 0 Å². The molecule has 0 amide bonds. The highest BCUT2D eigenvalue weighted by Gasteiger charge is 2.58. The number of rotatable bonds is 38. The van der Waals surface area contributed by atoms with E-state index in [0.717, 1.165) is 55.0 Å². The van der Waals surface area contributed by atoms with Crippen molar-refractivity contribution in [1.82, 2.24) is 0 Å². The van der Waals surface area contributed by atoms with Crippen LogP contribution in [0, 0.1) is 5.92 Å². The third-order valence-electron chi connectivity index (χ3n) is 23.3. The quantitative estimate of drug-likeness (QED) is 0.0219. The maximum Gasteiger partial charge on any atom is 0.338 e. The number of hydrogen-bond donors (Lipinski definition) is 1. The minimum absolute atomic E-state index is 0.0450. The zero-order valence-corrected chi connectivity index (χ0v) is 70.0. The molecule has 0 aromatic heterocycles. The van der Waals surface area contributed by atoms with Gasteiger partial charge in [-0.2, -0.15) is 0 Å². The fourth-order valence-corrected chi connectivity index (χ4v) is 20.4. The van der Waals surface area contributed by atoms with Gasteiger partial charge in [0.1, 0.15) is 42.9 Å². The zero-order valence-electron chi connectivity index (χ0n) is 66.0. The van der Waals surface area contributed by atoms with E-state index in [0.29, 0.717) is 36.8 Å². The second kappa shape index (κ2) is 37.8. The summed E-state index contributed by atoms with van der Waals surface area (Å²) in [5, 5.41) is 11.5. The van der Waals surface area contributed by atoms with Gasteiger partial charge in [-0.3, -0.25) is 4.79 Å². The number of benzene rings is 2. The normalized spacial score (nSPS) is 26.1. The molecule has 1 unspecified atom stereocenters. The fraction of sp³-hybridized carbons (Fsp3) is 0.725. The Hall–Kier alpha value is -3.56. The molecule has 1 N–H and O–H groups in total. The molecule has 4 aliphatic heterocycles. The maximum atomic E-state index is 15.1. The highest BCUT2D eigenvalue weighted by Crippen LogP contribution is 2.48. The monoisotopic (exact) mass is 1480 g/mol. The number of carbonyl (C=O) groups excluding carboxylic acids is 3. The Morgan fingerprint density at radius 2 is 1.23 bits per heavy atom. The van der Waals surface area contributed by atoms with Gasteiger partial charge < -0.3 is 65.4 Å². The van der Waals surface area contributed by atoms with Crippen molar-refractivity contribution in [3.63, 3.8) is 0 Å². The number of ketones is 1. The molecule has 17 nitrogen and oxygen atoms in total. The molecule has 0 saturated carbocycles. The van der Waals surface area contributed by atoms with Gasteiger partial charge in [0.05, 0.1) is 66.1 Å². The highest BCUT2D eigenvalue weighted by molar-refractivity contribution is 6.75. The van der Waals surface area contributed by atoms with Crippen LogP contribution in [0.25, 0.3) is 0 Å². The summed E-state index contributed by atoms with van der Waals surface area (Å²) in [5.74, 6) is -1.68. The van der Waals surface area contributed by atoms with Crippen LogP contribution in [-0.2, 0) is 65.1 Å². The Kier molecular flexibility index (Phi) is 32.3. The SMILES string of the molecule is C=C=C(C)C[C@H](CC[C@@H]1O[C@@H](CCC(O)/C=C/[C@H](O[Si](C)(C)C(C)(C)C)[C@@H]2O[C@H]3CC[C@H](CC(=O)C[C@@H]4[C@@H](OC)[C@@H](C[C@H](COC(=O)c5ccccc5)OC(=O)c5ccccc5)O[C@H]4CC(OC)OC)O[C@@H]3[C@H](O[Si](C)(C)C(C)(C)C)[C@@H]2O[Si](C)(C)C(C)(C)C)CC1=C)O[Si](CC)(CC)CC. The number of carbonyl (C=O) groups is 3. The lowest BCUT2D eigenvalue weighted by molar-refractivity contribution is -0.266. The van der Waals surface area contributed by atoms with E-state index in [-0.39, 0.29) is 71.5 Å². The summed E-state index contributed by atoms with van der Waals surface area (Å²) in [6, 6.07) is 20.5. The van der Waals surface area contributed by atoms with E-state index >= 15 is 4.79 Å². The molecule has 4 saturated heterocycles. The minimum Gasteiger partial charge on any atom is -0.458 e. The first kappa shape index (κ1) is 86.4. The number of methoxy groups -OCH3 is 3. The van der Waals surface area contributed by atoms with E-state index in [2.05, 4.69) is 148 Å². The molecule has 2 aromatic carbocycles. The number of Topliss-reactive ketones (excluding diaryl/α,β-unsaturated/α-hetero) is 1. The van der Waals surface area contributed by atoms with Gasteiger partial charge in [0.2, 0.25) is 0 Å². The molecule has 21 heteroatoms. The predicted octanol–water partition coefficient (Wildman–Crippen LogP) is 17.4. The first-order valence-electron chi connectivity index (χ1n) is 37.6. The molecule has 16 atom stereocenters. The molecule has 0 spiro atoms. The van der Waals surface area contributed by atoms with Crippen LogP contribution in [0.15, 0.2) is 103 Å². The molecule has 101 heavy (non-hydrogen) atoms. The molecule has 0 bridgehead atoms. The van der Waals surface area contributed by atoms with Crippen LogP contribution in [-0.4, -0.2) is 182 Å². The Labute approximate surface area is 612 Å². The first-order chi connectivity index (χ1) is 47.3. The van der Waals surface area contributed by atoms with Gasteiger partial charge in [-0.15, -0.1) is 5.73 Å². The summed E-state index contributed by atoms with van der Waals surface area (Å²) in [5.41, 5.74) is 6.00. The minimum atomic E-state index is -2.67. The lowest BCUT2D eigenvalue weighted by atomic mass is 9.84. The summed E-state index contributed by atoms with van der Waals surface area (Å²) in [4.78, 5) is 42.1. The summed E-state index contributed by atoms with van der Waals surface area (Å²) in [6.45, 7) is 50.8. The molecule has 0 aliphatic carbocycles. The van der Waals surface area contributed by atoms with Crippen LogP contribution in [0.5, 0.6) is 0 Å². The van der Waals surface area contributed by atoms with Crippen molar-refractivity contribution in [2.24, 2.45) is 5.92 Å². The van der Waals surface area contributed by atoms with Crippen LogP contribution in [0.3, 0.4) is 0 Å². The average Bonchev–Trinajstić information content (AvgIpc) is 1.37. The predicted molar refractivity (Wildman–Crippen MR) is 410 cm³/mol. The maximum absolute atomic E-state index is 15.1. The van der Waals surface area contributed by atoms with Crippen LogP contribution in [0.2, 0.25) is 72.5 Å². The molecular formula is C80H132O17Si4. The van der Waals surface area contributed by atoms with E-state index in [1.807, 2.05) is 24.3 Å². The average molecular weight is 1480 g/mol. The lowest BCUT2D eigenvalue weighted by Crippen LogP contribution is -2.69. The van der Waals surface area contributed by atoms with Crippen molar-refractivity contribution in [1.29, 1.82) is 0 Å². The lowest BCUT2D eigenvalue weighted by Gasteiger charge is -2.56. The summed E-state index contributed by atoms with van der Waals surface area (Å²) < 4.78 is 88.4. The molecule has 570 valence electrons. The largest absolute Gasteiger partial charge is 0.458 e. The number of ether oxygens (including phenoxy) is 9. The van der Waals surface area contributed by atoms with Gasteiger partial charge in [0.25, 0.3) is 0 Å². The zero-order chi connectivity index (χ0) is 75.1. The Morgan fingerprint density at radius 3 is 1.77 bits per heavy atom. The fourth-order valence-electron chi connectivity index (χ4n) is 13.7. The van der Waals surface area contributed by atoms with E-state index < -0.39 is 131 Å². The third-order valence-corrected chi connectivity index (χ3v) is 41.4. The highest BCUT2D eigenvalue weighted by atomic mass is 28.4. The smallest absolute Gasteiger partial charge is 0.338 e. The van der Waals surface area contributed by atoms with E-state index in [1.54, 1.807) is 69.9 Å². The van der Waals surface area contributed by atoms with E-state index in [9.17, 15) is 14.7 Å². The molecule has 4 heterocycles. The number of hydrogen-bond acceptors (Lipinski definition) is 17. The molecule has 2 aromatic rings. The second-order valence-electron chi connectivity index (χ2n) is 33.6. The molecule has 4 fully saturated rings. The Morgan fingerprint density at radius 1 is 0.653 bits per heavy atom. The van der Waals surface area contributed by atoms with Crippen molar-refractivity contribution >= 4 is 51.0 Å². The summed E-state index contributed by atoms with van der Waals surface area (Å²) in [6.07, 6.45) is 1.35. The molecular weight excluding hydrogens is 1350 g/mol. The van der Waals surface area contributed by atoms with E-state index in [4.69, 9.17) is 60.3 Å². The number of aliphatic hydroxyl groups excluding tert-OH is 1. The van der Waals surface area contributed by atoms with Crippen LogP contribution in [0.4, 0.5) is 0 Å². The Bertz CT molecular complexity index is 2990. The molecule has 0 radical (unpaired) electrons. The van der Waals surface area contributed by atoms with Gasteiger partial charge in [0.15, 0.2) is 39.6 Å². The number of aliphatic hydroxyl groups is 1. The van der Waals surface area contributed by atoms with Gasteiger partial charge in [0, 0.05) is 65.5 Å². The summed E-state index contributed by atoms with van der Waals surface area (Å²) in [7, 11) is -5.07. The topological polar surface area (TPSA) is 191 Å². The van der Waals surface area contributed by atoms with Crippen LogP contribution in [0.1, 0.15) is 188 Å². The van der Waals surface area contributed by atoms with E-state index in [1.165, 1.54) is 0 Å². The number of fused-ring (bicyclic) bond motifs is 1. The standard InChI is InChI=1S/C80H132O17Si4/c1-25-54(5)47-62(94-101(26-2,27-3)28-4)43-45-65-55(6)48-60(89-65)41-39-58(81)40-44-67(95-98(19,20)78(7,8)9)73-75(97-100(23,24)80(13,14)15)74(96-99(21,22)79(10,11)12)72-66(93-73)46-42-61(90-72)49-59(82)50-64-68(52-70(85-16)86-17)92-69(71(64)87-18)51-63(91-77(84)57-37-33-30-34-38-57)53-88-76(83)56-35-31-29-32-36-56/h29-38,40,44,58,60-75,81H,1,6,26-28,39,41-43,45-53H2,2-5,7-24H3/b44-40+/t58?,60-,61+,62-,63+,64-,65-,66-,67-,68-,69+,71+,72-,73-,74-,75+/m0/s1. The van der Waals surface area contributed by atoms with Gasteiger partial charge >= 0.3 is 11.9 Å². The van der Waals surface area contributed by atoms with Crippen molar-refractivity contribution < 1.29 is 79.8 Å². The van der Waals surface area contributed by atoms with Gasteiger partial charge in [-0.25, -0.2) is 9.59 Å².